The fourth-order valence-electron chi connectivity index (χ4n) is 3.79. The normalized spacial score (nSPS) is 11.2. The molecule has 0 radical (unpaired) electrons. The van der Waals surface area contributed by atoms with Crippen molar-refractivity contribution in [3.63, 3.8) is 0 Å². The molecular formula is C30H25FN4O3S2. The third-order valence-corrected chi connectivity index (χ3v) is 8.44. The molecule has 1 heterocycles. The molecule has 0 bridgehead atoms. The van der Waals surface area contributed by atoms with E-state index in [0.29, 0.717) is 38.8 Å². The number of carbonyl (C=O) groups excluding carboxylic acids is 3. The standard InChI is InChI=1S/C30H25FN4O3S2/c1-3-25(39-23-11-7-10-22(16-23)34-27(36)19-12-14-20(31)15-13-19)28(37)35-30-24(17-32)18(2)26(40-30)29(38)33-21-8-5-4-6-9-21/h4-16,25H,3H2,1-2H3,(H,33,38)(H,34,36)(H,35,37). The third-order valence-electron chi connectivity index (χ3n) is 5.87. The monoisotopic (exact) mass is 572 g/mol. The van der Waals surface area contributed by atoms with Crippen LogP contribution in [0.4, 0.5) is 20.8 Å². The summed E-state index contributed by atoms with van der Waals surface area (Å²) in [5.74, 6) is -1.46. The molecular weight excluding hydrogens is 547 g/mol. The van der Waals surface area contributed by atoms with Gasteiger partial charge in [-0.3, -0.25) is 14.4 Å². The van der Waals surface area contributed by atoms with Gasteiger partial charge in [0.15, 0.2) is 0 Å². The van der Waals surface area contributed by atoms with E-state index in [4.69, 9.17) is 0 Å². The number of thiophene rings is 1. The molecule has 0 fully saturated rings. The fraction of sp³-hybridized carbons (Fsp3) is 0.133. The quantitative estimate of drug-likeness (QED) is 0.186. The van der Waals surface area contributed by atoms with Crippen LogP contribution in [0.1, 0.15) is 44.5 Å². The van der Waals surface area contributed by atoms with Crippen LogP contribution < -0.4 is 16.0 Å². The summed E-state index contributed by atoms with van der Waals surface area (Å²) < 4.78 is 13.2. The molecule has 0 aliphatic heterocycles. The first kappa shape index (κ1) is 28.5. The topological polar surface area (TPSA) is 111 Å². The van der Waals surface area contributed by atoms with Crippen LogP contribution in [0.15, 0.2) is 83.8 Å². The number of nitrogens with zero attached hydrogens (tertiary/aromatic N) is 1. The number of nitriles is 1. The van der Waals surface area contributed by atoms with Crippen molar-refractivity contribution >= 4 is 57.2 Å². The van der Waals surface area contributed by atoms with Crippen LogP contribution in [0.25, 0.3) is 0 Å². The van der Waals surface area contributed by atoms with Crippen molar-refractivity contribution in [2.75, 3.05) is 16.0 Å². The van der Waals surface area contributed by atoms with E-state index in [0.717, 1.165) is 16.2 Å². The summed E-state index contributed by atoms with van der Waals surface area (Å²) in [7, 11) is 0. The first-order valence-electron chi connectivity index (χ1n) is 12.3. The van der Waals surface area contributed by atoms with Crippen LogP contribution in [0, 0.1) is 24.1 Å². The predicted octanol–water partition coefficient (Wildman–Crippen LogP) is 7.08. The van der Waals surface area contributed by atoms with Gasteiger partial charge >= 0.3 is 0 Å². The Morgan fingerprint density at radius 1 is 0.925 bits per heavy atom. The molecule has 1 atom stereocenters. The molecule has 4 aromatic rings. The number of para-hydroxylation sites is 1. The van der Waals surface area contributed by atoms with Crippen molar-refractivity contribution in [3.8, 4) is 6.07 Å². The zero-order valence-corrected chi connectivity index (χ0v) is 23.3. The van der Waals surface area contributed by atoms with Crippen LogP contribution in [-0.4, -0.2) is 23.0 Å². The Morgan fingerprint density at radius 3 is 2.27 bits per heavy atom. The van der Waals surface area contributed by atoms with Crippen molar-refractivity contribution in [2.24, 2.45) is 0 Å². The highest BCUT2D eigenvalue weighted by Crippen LogP contribution is 2.35. The van der Waals surface area contributed by atoms with Gasteiger partial charge in [0.05, 0.1) is 15.7 Å². The minimum atomic E-state index is -0.501. The lowest BCUT2D eigenvalue weighted by Crippen LogP contribution is -2.24. The zero-order chi connectivity index (χ0) is 28.6. The highest BCUT2D eigenvalue weighted by molar-refractivity contribution is 8.00. The van der Waals surface area contributed by atoms with Gasteiger partial charge in [-0.2, -0.15) is 5.26 Å². The highest BCUT2D eigenvalue weighted by Gasteiger charge is 2.25. The number of rotatable bonds is 9. The minimum absolute atomic E-state index is 0.252. The molecule has 3 N–H and O–H groups in total. The Hall–Kier alpha value is -4.46. The van der Waals surface area contributed by atoms with E-state index in [1.54, 1.807) is 49.4 Å². The fourth-order valence-corrected chi connectivity index (χ4v) is 5.86. The van der Waals surface area contributed by atoms with Crippen molar-refractivity contribution in [3.05, 3.63) is 106 Å². The Labute approximate surface area is 239 Å². The van der Waals surface area contributed by atoms with E-state index >= 15 is 0 Å². The Kier molecular flexibility index (Phi) is 9.32. The summed E-state index contributed by atoms with van der Waals surface area (Å²) in [6, 6.07) is 23.4. The van der Waals surface area contributed by atoms with E-state index in [2.05, 4.69) is 22.0 Å². The molecule has 0 saturated heterocycles. The summed E-state index contributed by atoms with van der Waals surface area (Å²) in [5, 5.41) is 18.0. The van der Waals surface area contributed by atoms with Crippen molar-refractivity contribution < 1.29 is 18.8 Å². The van der Waals surface area contributed by atoms with Gasteiger partial charge in [-0.15, -0.1) is 23.1 Å². The highest BCUT2D eigenvalue weighted by atomic mass is 32.2. The van der Waals surface area contributed by atoms with Gasteiger partial charge in [-0.05, 0) is 73.5 Å². The maximum atomic E-state index is 13.2. The summed E-state index contributed by atoms with van der Waals surface area (Å²) in [4.78, 5) is 39.7. The predicted molar refractivity (Wildman–Crippen MR) is 158 cm³/mol. The third kappa shape index (κ3) is 6.94. The number of amides is 3. The number of halogens is 1. The molecule has 40 heavy (non-hydrogen) atoms. The molecule has 3 amide bonds. The average molecular weight is 573 g/mol. The molecule has 0 saturated carbocycles. The Morgan fingerprint density at radius 2 is 1.60 bits per heavy atom. The van der Waals surface area contributed by atoms with Crippen molar-refractivity contribution in [1.29, 1.82) is 5.26 Å². The van der Waals surface area contributed by atoms with Gasteiger partial charge in [0.2, 0.25) is 5.91 Å². The number of hydrogen-bond acceptors (Lipinski definition) is 6. The van der Waals surface area contributed by atoms with E-state index in [1.165, 1.54) is 36.0 Å². The van der Waals surface area contributed by atoms with Gasteiger partial charge in [-0.1, -0.05) is 31.2 Å². The number of nitrogens with one attached hydrogen (secondary N) is 3. The van der Waals surface area contributed by atoms with Gasteiger partial charge in [-0.25, -0.2) is 4.39 Å². The number of benzene rings is 3. The zero-order valence-electron chi connectivity index (χ0n) is 21.7. The summed E-state index contributed by atoms with van der Waals surface area (Å²) >= 11 is 2.38. The molecule has 0 aliphatic carbocycles. The lowest BCUT2D eigenvalue weighted by molar-refractivity contribution is -0.115. The van der Waals surface area contributed by atoms with Crippen LogP contribution >= 0.6 is 23.1 Å². The number of hydrogen-bond donors (Lipinski definition) is 3. The Bertz CT molecular complexity index is 1580. The first-order chi connectivity index (χ1) is 19.3. The molecule has 202 valence electrons. The number of thioether (sulfide) groups is 1. The molecule has 3 aromatic carbocycles. The van der Waals surface area contributed by atoms with Crippen LogP contribution in [0.5, 0.6) is 0 Å². The van der Waals surface area contributed by atoms with Gasteiger partial charge in [0.25, 0.3) is 11.8 Å². The Balaban J connectivity index is 1.45. The smallest absolute Gasteiger partial charge is 0.266 e. The van der Waals surface area contributed by atoms with E-state index in [1.807, 2.05) is 19.1 Å². The van der Waals surface area contributed by atoms with Gasteiger partial charge in [0.1, 0.15) is 16.9 Å². The lowest BCUT2D eigenvalue weighted by Gasteiger charge is -2.15. The minimum Gasteiger partial charge on any atom is -0.322 e. The molecule has 10 heteroatoms. The van der Waals surface area contributed by atoms with Gasteiger partial charge in [0, 0.05) is 21.8 Å². The number of carbonyl (C=O) groups is 3. The van der Waals surface area contributed by atoms with E-state index < -0.39 is 11.1 Å². The van der Waals surface area contributed by atoms with E-state index in [9.17, 15) is 24.0 Å². The molecule has 1 aromatic heterocycles. The van der Waals surface area contributed by atoms with E-state index in [-0.39, 0.29) is 23.3 Å². The second kappa shape index (κ2) is 13.1. The SMILES string of the molecule is CCC(Sc1cccc(NC(=O)c2ccc(F)cc2)c1)C(=O)Nc1sc(C(=O)Nc2ccccc2)c(C)c1C#N. The molecule has 0 spiro atoms. The lowest BCUT2D eigenvalue weighted by atomic mass is 10.1. The molecule has 4 rings (SSSR count). The van der Waals surface area contributed by atoms with Crippen LogP contribution in [0.2, 0.25) is 0 Å². The largest absolute Gasteiger partial charge is 0.322 e. The molecule has 7 nitrogen and oxygen atoms in total. The van der Waals surface area contributed by atoms with Crippen molar-refractivity contribution in [1.82, 2.24) is 0 Å². The van der Waals surface area contributed by atoms with Gasteiger partial charge < -0.3 is 16.0 Å². The number of anilines is 3. The molecule has 0 aliphatic rings. The summed E-state index contributed by atoms with van der Waals surface area (Å²) in [5.41, 5.74) is 2.23. The maximum absolute atomic E-state index is 13.2. The average Bonchev–Trinajstić information content (AvgIpc) is 3.27. The first-order valence-corrected chi connectivity index (χ1v) is 14.0. The maximum Gasteiger partial charge on any atom is 0.266 e. The second-order valence-corrected chi connectivity index (χ2v) is 11.0. The van der Waals surface area contributed by atoms with Crippen LogP contribution in [0.3, 0.4) is 0 Å². The second-order valence-electron chi connectivity index (χ2n) is 8.69. The van der Waals surface area contributed by atoms with Crippen molar-refractivity contribution in [2.45, 2.75) is 30.4 Å². The summed E-state index contributed by atoms with van der Waals surface area (Å²) in [6.07, 6.45) is 0.496. The summed E-state index contributed by atoms with van der Waals surface area (Å²) in [6.45, 7) is 3.56. The molecule has 1 unspecified atom stereocenters. The van der Waals surface area contributed by atoms with Crippen LogP contribution in [-0.2, 0) is 4.79 Å².